The molecule has 1 amide bonds. The predicted octanol–water partition coefficient (Wildman–Crippen LogP) is 4.14. The number of piperazine rings is 1. The van der Waals surface area contributed by atoms with Crippen molar-refractivity contribution in [2.24, 2.45) is 5.92 Å². The van der Waals surface area contributed by atoms with E-state index >= 15 is 0 Å². The molecule has 0 radical (unpaired) electrons. The number of hydrogen-bond donors (Lipinski definition) is 1. The molecule has 2 heterocycles. The summed E-state index contributed by atoms with van der Waals surface area (Å²) >= 11 is 0. The quantitative estimate of drug-likeness (QED) is 0.582. The van der Waals surface area contributed by atoms with Gasteiger partial charge in [-0.25, -0.2) is 4.39 Å². The van der Waals surface area contributed by atoms with Crippen molar-refractivity contribution in [2.75, 3.05) is 46.4 Å². The number of carbonyl (C=O) groups is 1. The van der Waals surface area contributed by atoms with Gasteiger partial charge in [0, 0.05) is 50.4 Å². The average molecular weight is 483 g/mol. The molecule has 0 bridgehead atoms. The molecular weight excluding hydrogens is 443 g/mol. The molecule has 1 saturated heterocycles. The number of rotatable bonds is 9. The van der Waals surface area contributed by atoms with Gasteiger partial charge in [-0.05, 0) is 57.0 Å². The van der Waals surface area contributed by atoms with E-state index in [1.54, 1.807) is 18.2 Å². The second kappa shape index (κ2) is 12.5. The second-order valence-corrected chi connectivity index (χ2v) is 10.1. The van der Waals surface area contributed by atoms with E-state index in [-0.39, 0.29) is 24.2 Å². The molecule has 1 atom stereocenters. The van der Waals surface area contributed by atoms with Crippen molar-refractivity contribution in [3.8, 4) is 17.0 Å². The topological polar surface area (TPSA) is 57.7 Å². The van der Waals surface area contributed by atoms with E-state index in [9.17, 15) is 9.18 Å². The molecule has 1 N–H and O–H groups in total. The van der Waals surface area contributed by atoms with Crippen LogP contribution in [0.15, 0.2) is 36.4 Å². The lowest BCUT2D eigenvalue weighted by Crippen LogP contribution is -2.45. The van der Waals surface area contributed by atoms with Gasteiger partial charge in [0.1, 0.15) is 18.2 Å². The molecule has 1 aromatic heterocycles. The van der Waals surface area contributed by atoms with Crippen molar-refractivity contribution in [1.82, 2.24) is 20.1 Å². The van der Waals surface area contributed by atoms with Crippen molar-refractivity contribution in [1.29, 1.82) is 0 Å². The lowest BCUT2D eigenvalue weighted by Gasteiger charge is -2.32. The summed E-state index contributed by atoms with van der Waals surface area (Å²) in [4.78, 5) is 21.9. The summed E-state index contributed by atoms with van der Waals surface area (Å²) in [5.74, 6) is 0.676. The zero-order chi connectivity index (χ0) is 24.6. The van der Waals surface area contributed by atoms with Crippen LogP contribution in [0.2, 0.25) is 0 Å². The Bertz CT molecular complexity index is 971. The number of nitrogens with one attached hydrogen (secondary N) is 1. The van der Waals surface area contributed by atoms with Crippen molar-refractivity contribution in [3.05, 3.63) is 47.9 Å². The summed E-state index contributed by atoms with van der Waals surface area (Å²) in [6.07, 6.45) is 6.36. The molecule has 1 saturated carbocycles. The maximum Gasteiger partial charge on any atom is 0.226 e. The van der Waals surface area contributed by atoms with Crippen LogP contribution in [0.3, 0.4) is 0 Å². The standard InChI is InChI=1S/C28H39FN4O2/c1-21(22-7-4-3-5-8-22)30-28(34)19-23-9-6-10-27(31-23)25-12-11-24(20-26(25)29)35-18-17-33-15-13-32(2)14-16-33/h6,9-12,20-22H,3-5,7-8,13-19H2,1-2H3,(H,30,34)/t21-/m0/s1. The van der Waals surface area contributed by atoms with Crippen molar-refractivity contribution in [3.63, 3.8) is 0 Å². The summed E-state index contributed by atoms with van der Waals surface area (Å²) in [5.41, 5.74) is 1.58. The monoisotopic (exact) mass is 482 g/mol. The molecule has 2 fully saturated rings. The third kappa shape index (κ3) is 7.48. The van der Waals surface area contributed by atoms with Crippen molar-refractivity contribution < 1.29 is 13.9 Å². The summed E-state index contributed by atoms with van der Waals surface area (Å²) in [5, 5.41) is 3.15. The van der Waals surface area contributed by atoms with Crippen LogP contribution in [0.5, 0.6) is 5.75 Å². The Labute approximate surface area is 208 Å². The Kier molecular flexibility index (Phi) is 9.10. The number of benzene rings is 1. The highest BCUT2D eigenvalue weighted by Gasteiger charge is 2.21. The van der Waals surface area contributed by atoms with Crippen LogP contribution in [-0.4, -0.2) is 73.1 Å². The van der Waals surface area contributed by atoms with Gasteiger partial charge < -0.3 is 15.0 Å². The summed E-state index contributed by atoms with van der Waals surface area (Å²) in [6, 6.07) is 10.5. The minimum absolute atomic E-state index is 0.0303. The molecule has 1 aliphatic carbocycles. The first-order chi connectivity index (χ1) is 17.0. The maximum atomic E-state index is 14.9. The summed E-state index contributed by atoms with van der Waals surface area (Å²) < 4.78 is 20.7. The Morgan fingerprint density at radius 2 is 1.91 bits per heavy atom. The zero-order valence-corrected chi connectivity index (χ0v) is 21.1. The first-order valence-corrected chi connectivity index (χ1v) is 13.1. The van der Waals surface area contributed by atoms with E-state index in [0.29, 0.717) is 35.2 Å². The van der Waals surface area contributed by atoms with Gasteiger partial charge in [-0.15, -0.1) is 0 Å². The Hall–Kier alpha value is -2.51. The van der Waals surface area contributed by atoms with Crippen molar-refractivity contribution in [2.45, 2.75) is 51.5 Å². The first-order valence-electron chi connectivity index (χ1n) is 13.1. The molecule has 2 aliphatic rings. The molecule has 6 nitrogen and oxygen atoms in total. The number of hydrogen-bond acceptors (Lipinski definition) is 5. The van der Waals surface area contributed by atoms with E-state index in [4.69, 9.17) is 4.74 Å². The number of ether oxygens (including phenoxy) is 1. The second-order valence-electron chi connectivity index (χ2n) is 10.1. The van der Waals surface area contributed by atoms with Crippen molar-refractivity contribution >= 4 is 5.91 Å². The number of nitrogens with zero attached hydrogens (tertiary/aromatic N) is 3. The molecule has 4 rings (SSSR count). The SMILES string of the molecule is C[C@H](NC(=O)Cc1cccc(-c2ccc(OCCN3CCN(C)CC3)cc2F)n1)C1CCCCC1. The van der Waals surface area contributed by atoms with Gasteiger partial charge in [0.05, 0.1) is 17.8 Å². The lowest BCUT2D eigenvalue weighted by atomic mass is 9.84. The Balaban J connectivity index is 1.30. The highest BCUT2D eigenvalue weighted by molar-refractivity contribution is 5.78. The normalized spacial score (nSPS) is 18.8. The van der Waals surface area contributed by atoms with Gasteiger partial charge in [0.25, 0.3) is 0 Å². The number of carbonyl (C=O) groups excluding carboxylic acids is 1. The predicted molar refractivity (Wildman–Crippen MR) is 137 cm³/mol. The minimum atomic E-state index is -0.373. The molecular formula is C28H39FN4O2. The Morgan fingerprint density at radius 3 is 2.66 bits per heavy atom. The largest absolute Gasteiger partial charge is 0.492 e. The molecule has 0 spiro atoms. The van der Waals surface area contributed by atoms with Crippen LogP contribution in [0.4, 0.5) is 4.39 Å². The number of halogens is 1. The van der Waals surface area contributed by atoms with Gasteiger partial charge in [0.2, 0.25) is 5.91 Å². The molecule has 0 unspecified atom stereocenters. The smallest absolute Gasteiger partial charge is 0.226 e. The minimum Gasteiger partial charge on any atom is -0.492 e. The van der Waals surface area contributed by atoms with E-state index in [1.807, 2.05) is 12.1 Å². The molecule has 190 valence electrons. The lowest BCUT2D eigenvalue weighted by molar-refractivity contribution is -0.121. The average Bonchev–Trinajstić information content (AvgIpc) is 2.86. The van der Waals surface area contributed by atoms with Crippen LogP contribution in [0.25, 0.3) is 11.3 Å². The third-order valence-corrected chi connectivity index (χ3v) is 7.38. The maximum absolute atomic E-state index is 14.9. The summed E-state index contributed by atoms with van der Waals surface area (Å²) in [6.45, 7) is 7.67. The number of pyridine rings is 1. The molecule has 35 heavy (non-hydrogen) atoms. The number of amides is 1. The number of likely N-dealkylation sites (N-methyl/N-ethyl adjacent to an activating group) is 1. The van der Waals surface area contributed by atoms with Crippen LogP contribution in [0.1, 0.15) is 44.7 Å². The third-order valence-electron chi connectivity index (χ3n) is 7.38. The van der Waals surface area contributed by atoms with E-state index < -0.39 is 0 Å². The zero-order valence-electron chi connectivity index (χ0n) is 21.1. The van der Waals surface area contributed by atoms with E-state index in [1.165, 1.54) is 38.2 Å². The highest BCUT2D eigenvalue weighted by Crippen LogP contribution is 2.27. The van der Waals surface area contributed by atoms with Crippen LogP contribution in [0, 0.1) is 11.7 Å². The fraction of sp³-hybridized carbons (Fsp3) is 0.571. The van der Waals surface area contributed by atoms with Crippen LogP contribution in [-0.2, 0) is 11.2 Å². The fourth-order valence-corrected chi connectivity index (χ4v) is 5.11. The van der Waals surface area contributed by atoms with Gasteiger partial charge in [0.15, 0.2) is 0 Å². The molecule has 1 aromatic carbocycles. The van der Waals surface area contributed by atoms with Gasteiger partial charge in [-0.3, -0.25) is 14.7 Å². The number of aromatic nitrogens is 1. The fourth-order valence-electron chi connectivity index (χ4n) is 5.11. The van der Waals surface area contributed by atoms with E-state index in [0.717, 1.165) is 32.7 Å². The van der Waals surface area contributed by atoms with Gasteiger partial charge >= 0.3 is 0 Å². The summed E-state index contributed by atoms with van der Waals surface area (Å²) in [7, 11) is 2.14. The molecule has 2 aromatic rings. The Morgan fingerprint density at radius 1 is 1.14 bits per heavy atom. The highest BCUT2D eigenvalue weighted by atomic mass is 19.1. The molecule has 1 aliphatic heterocycles. The van der Waals surface area contributed by atoms with Gasteiger partial charge in [-0.2, -0.15) is 0 Å². The van der Waals surface area contributed by atoms with Crippen LogP contribution >= 0.6 is 0 Å². The van der Waals surface area contributed by atoms with Gasteiger partial charge in [-0.1, -0.05) is 25.3 Å². The van der Waals surface area contributed by atoms with Crippen LogP contribution < -0.4 is 10.1 Å². The van der Waals surface area contributed by atoms with E-state index in [2.05, 4.69) is 34.1 Å². The molecule has 7 heteroatoms. The first kappa shape index (κ1) is 25.6.